The smallest absolute Gasteiger partial charge is 0.137 e. The summed E-state index contributed by atoms with van der Waals surface area (Å²) in [4.78, 5) is 9.59. The van der Waals surface area contributed by atoms with E-state index in [1.54, 1.807) is 11.8 Å². The minimum absolute atomic E-state index is 0.434. The highest BCUT2D eigenvalue weighted by Gasteiger charge is 2.27. The van der Waals surface area contributed by atoms with Crippen LogP contribution in [0.3, 0.4) is 0 Å². The second-order valence-electron chi connectivity index (χ2n) is 10.1. The lowest BCUT2D eigenvalue weighted by atomic mass is 10.0. The lowest BCUT2D eigenvalue weighted by Gasteiger charge is -2.18. The highest BCUT2D eigenvalue weighted by atomic mass is 35.5. The lowest BCUT2D eigenvalue weighted by Crippen LogP contribution is -2.22. The molecule has 0 amide bonds. The molecule has 182 valence electrons. The van der Waals surface area contributed by atoms with Crippen LogP contribution in [-0.2, 0) is 22.8 Å². The first kappa shape index (κ1) is 25.5. The third-order valence-corrected chi connectivity index (χ3v) is 8.83. The van der Waals surface area contributed by atoms with Crippen LogP contribution in [0.15, 0.2) is 52.3 Å². The Labute approximate surface area is 213 Å². The van der Waals surface area contributed by atoms with Crippen molar-refractivity contribution >= 4 is 31.4 Å². The summed E-state index contributed by atoms with van der Waals surface area (Å²) in [6.45, 7) is 10.3. The Kier molecular flexibility index (Phi) is 8.22. The van der Waals surface area contributed by atoms with Crippen molar-refractivity contribution in [2.75, 3.05) is 33.9 Å². The molecule has 2 heterocycles. The van der Waals surface area contributed by atoms with Gasteiger partial charge < -0.3 is 18.9 Å². The van der Waals surface area contributed by atoms with Crippen LogP contribution in [0.5, 0.6) is 0 Å². The highest BCUT2D eigenvalue weighted by Crippen LogP contribution is 2.48. The van der Waals surface area contributed by atoms with Gasteiger partial charge >= 0.3 is 0 Å². The first-order valence-corrected chi connectivity index (χ1v) is 16.6. The molecule has 2 aromatic carbocycles. The molecule has 0 fully saturated rings. The SMILES string of the molecule is CN(C)CCOCc1nc2c(n1COCC[Si](C)(C)C)-c1cc(Cl)ccc1Sc1ccccc1-2. The highest BCUT2D eigenvalue weighted by molar-refractivity contribution is 7.99. The van der Waals surface area contributed by atoms with Crippen LogP contribution in [-0.4, -0.2) is 56.4 Å². The molecule has 8 heteroatoms. The third-order valence-electron chi connectivity index (χ3n) is 5.74. The maximum Gasteiger partial charge on any atom is 0.137 e. The molecule has 1 aliphatic heterocycles. The summed E-state index contributed by atoms with van der Waals surface area (Å²) >= 11 is 8.24. The Hall–Kier alpha value is -1.61. The molecule has 0 saturated heterocycles. The number of ether oxygens (including phenoxy) is 2. The molecule has 0 saturated carbocycles. The Balaban J connectivity index is 1.76. The first-order valence-electron chi connectivity index (χ1n) is 11.7. The molecular formula is C26H34ClN3O2SSi. The fourth-order valence-corrected chi connectivity index (χ4v) is 5.79. The lowest BCUT2D eigenvalue weighted by molar-refractivity contribution is 0.0688. The fraction of sp³-hybridized carbons (Fsp3) is 0.423. The zero-order valence-corrected chi connectivity index (χ0v) is 23.3. The molecule has 0 radical (unpaired) electrons. The second kappa shape index (κ2) is 11.0. The molecule has 0 aliphatic carbocycles. The van der Waals surface area contributed by atoms with E-state index in [0.29, 0.717) is 25.0 Å². The van der Waals surface area contributed by atoms with E-state index in [4.69, 9.17) is 26.1 Å². The predicted molar refractivity (Wildman–Crippen MR) is 145 cm³/mol. The summed E-state index contributed by atoms with van der Waals surface area (Å²) in [5.41, 5.74) is 4.23. The number of rotatable bonds is 10. The van der Waals surface area contributed by atoms with E-state index in [2.05, 4.69) is 59.4 Å². The average molecular weight is 516 g/mol. The summed E-state index contributed by atoms with van der Waals surface area (Å²) in [5.74, 6) is 0.879. The van der Waals surface area contributed by atoms with Gasteiger partial charge in [0.2, 0.25) is 0 Å². The van der Waals surface area contributed by atoms with Crippen LogP contribution in [0.2, 0.25) is 30.7 Å². The molecule has 0 bridgehead atoms. The maximum atomic E-state index is 6.48. The minimum atomic E-state index is -1.18. The third kappa shape index (κ3) is 6.14. The first-order chi connectivity index (χ1) is 16.2. The zero-order valence-electron chi connectivity index (χ0n) is 20.7. The van der Waals surface area contributed by atoms with Gasteiger partial charge in [0, 0.05) is 47.2 Å². The number of halogens is 1. The molecule has 5 nitrogen and oxygen atoms in total. The van der Waals surface area contributed by atoms with E-state index in [9.17, 15) is 0 Å². The van der Waals surface area contributed by atoms with Crippen molar-refractivity contribution in [3.8, 4) is 22.5 Å². The van der Waals surface area contributed by atoms with Gasteiger partial charge in [-0.2, -0.15) is 0 Å². The van der Waals surface area contributed by atoms with Crippen molar-refractivity contribution in [1.29, 1.82) is 0 Å². The van der Waals surface area contributed by atoms with Gasteiger partial charge in [0.05, 0.1) is 18.0 Å². The number of fused-ring (bicyclic) bond motifs is 5. The fourth-order valence-electron chi connectivity index (χ4n) is 3.80. The topological polar surface area (TPSA) is 39.5 Å². The number of hydrogen-bond acceptors (Lipinski definition) is 5. The van der Waals surface area contributed by atoms with Crippen molar-refractivity contribution in [3.63, 3.8) is 0 Å². The van der Waals surface area contributed by atoms with Crippen LogP contribution in [0.25, 0.3) is 22.5 Å². The molecule has 0 unspecified atom stereocenters. The molecule has 3 aromatic rings. The van der Waals surface area contributed by atoms with E-state index < -0.39 is 8.07 Å². The standard InChI is InChI=1S/C26H34ClN3O2SSi/c1-29(2)12-13-31-17-24-28-25-20-8-6-7-9-22(20)33-23-11-10-19(27)16-21(23)26(25)30(24)18-32-14-15-34(3,4)5/h6-11,16H,12-15,17-18H2,1-5H3. The van der Waals surface area contributed by atoms with Crippen LogP contribution >= 0.6 is 23.4 Å². The molecule has 1 aliphatic rings. The van der Waals surface area contributed by atoms with Gasteiger partial charge in [0.15, 0.2) is 0 Å². The van der Waals surface area contributed by atoms with Crippen LogP contribution in [0.1, 0.15) is 5.82 Å². The number of hydrogen-bond donors (Lipinski definition) is 0. The van der Waals surface area contributed by atoms with Gasteiger partial charge in [-0.1, -0.05) is 61.2 Å². The van der Waals surface area contributed by atoms with E-state index in [-0.39, 0.29) is 0 Å². The number of imidazole rings is 1. The summed E-state index contributed by atoms with van der Waals surface area (Å²) < 4.78 is 14.5. The van der Waals surface area contributed by atoms with Crippen molar-refractivity contribution in [2.45, 2.75) is 48.8 Å². The van der Waals surface area contributed by atoms with Crippen molar-refractivity contribution in [1.82, 2.24) is 14.5 Å². The van der Waals surface area contributed by atoms with E-state index in [0.717, 1.165) is 47.5 Å². The second-order valence-corrected chi connectivity index (χ2v) is 17.2. The number of benzene rings is 2. The molecule has 34 heavy (non-hydrogen) atoms. The normalized spacial score (nSPS) is 12.9. The minimum Gasteiger partial charge on any atom is -0.372 e. The van der Waals surface area contributed by atoms with Gasteiger partial charge in [-0.3, -0.25) is 0 Å². The zero-order chi connectivity index (χ0) is 24.3. The van der Waals surface area contributed by atoms with Crippen molar-refractivity contribution in [2.24, 2.45) is 0 Å². The summed E-state index contributed by atoms with van der Waals surface area (Å²) in [7, 11) is 2.92. The van der Waals surface area contributed by atoms with Crippen LogP contribution < -0.4 is 0 Å². The van der Waals surface area contributed by atoms with Crippen molar-refractivity contribution in [3.05, 3.63) is 53.3 Å². The maximum absolute atomic E-state index is 6.48. The van der Waals surface area contributed by atoms with Gasteiger partial charge in [0.25, 0.3) is 0 Å². The van der Waals surface area contributed by atoms with E-state index >= 15 is 0 Å². The molecular weight excluding hydrogens is 482 g/mol. The number of nitrogens with zero attached hydrogens (tertiary/aromatic N) is 3. The predicted octanol–water partition coefficient (Wildman–Crippen LogP) is 6.73. The van der Waals surface area contributed by atoms with Gasteiger partial charge in [0.1, 0.15) is 19.2 Å². The van der Waals surface area contributed by atoms with Gasteiger partial charge in [-0.25, -0.2) is 4.98 Å². The Bertz CT molecular complexity index is 1140. The molecule has 4 rings (SSSR count). The quantitative estimate of drug-likeness (QED) is 0.173. The van der Waals surface area contributed by atoms with E-state index in [1.165, 1.54) is 9.79 Å². The molecule has 0 N–H and O–H groups in total. The van der Waals surface area contributed by atoms with Crippen LogP contribution in [0, 0.1) is 0 Å². The van der Waals surface area contributed by atoms with E-state index in [1.807, 2.05) is 26.2 Å². The van der Waals surface area contributed by atoms with Gasteiger partial charge in [-0.05, 0) is 44.4 Å². The molecule has 1 aromatic heterocycles. The summed E-state index contributed by atoms with van der Waals surface area (Å²) in [6, 6.07) is 15.7. The summed E-state index contributed by atoms with van der Waals surface area (Å²) in [6.07, 6.45) is 0. The number of aromatic nitrogens is 2. The Morgan fingerprint density at radius 2 is 1.76 bits per heavy atom. The Morgan fingerprint density at radius 3 is 2.53 bits per heavy atom. The van der Waals surface area contributed by atoms with Gasteiger partial charge in [-0.15, -0.1) is 0 Å². The van der Waals surface area contributed by atoms with Crippen LogP contribution in [0.4, 0.5) is 0 Å². The molecule has 0 atom stereocenters. The number of likely N-dealkylation sites (N-methyl/N-ethyl adjacent to an activating group) is 1. The largest absolute Gasteiger partial charge is 0.372 e. The molecule has 0 spiro atoms. The van der Waals surface area contributed by atoms with Crippen molar-refractivity contribution < 1.29 is 9.47 Å². The Morgan fingerprint density at radius 1 is 1.00 bits per heavy atom. The summed E-state index contributed by atoms with van der Waals surface area (Å²) in [5, 5.41) is 0.715. The average Bonchev–Trinajstić information content (AvgIpc) is 3.06. The monoisotopic (exact) mass is 515 g/mol.